The highest BCUT2D eigenvalue weighted by atomic mass is 16.6. The average Bonchev–Trinajstić information content (AvgIpc) is 2.41. The number of nitrogens with zero attached hydrogens (tertiary/aromatic N) is 2. The largest absolute Gasteiger partial charge is 0.444 e. The van der Waals surface area contributed by atoms with Crippen LogP contribution in [0.5, 0.6) is 0 Å². The Morgan fingerprint density at radius 3 is 2.45 bits per heavy atom. The van der Waals surface area contributed by atoms with Crippen molar-refractivity contribution in [1.29, 1.82) is 0 Å². The SMILES string of the molecule is CC(NC(CNC(=O)OC(C)(C)C)C(C)C)c1cnccn1. The Morgan fingerprint density at radius 1 is 1.27 bits per heavy atom. The Hall–Kier alpha value is -1.69. The lowest BCUT2D eigenvalue weighted by Gasteiger charge is -2.27. The maximum atomic E-state index is 11.8. The normalized spacial score (nSPS) is 14.5. The number of aromatic nitrogens is 2. The molecule has 1 aromatic heterocycles. The third kappa shape index (κ3) is 6.85. The lowest BCUT2D eigenvalue weighted by atomic mass is 10.0. The fourth-order valence-corrected chi connectivity index (χ4v) is 1.94. The monoisotopic (exact) mass is 308 g/mol. The minimum atomic E-state index is -0.488. The number of rotatable bonds is 6. The third-order valence-electron chi connectivity index (χ3n) is 3.16. The van der Waals surface area contributed by atoms with Crippen LogP contribution in [0.3, 0.4) is 0 Å². The number of carbonyl (C=O) groups excluding carboxylic acids is 1. The predicted molar refractivity (Wildman–Crippen MR) is 86.4 cm³/mol. The summed E-state index contributed by atoms with van der Waals surface area (Å²) in [4.78, 5) is 20.1. The molecule has 2 atom stereocenters. The summed E-state index contributed by atoms with van der Waals surface area (Å²) >= 11 is 0. The van der Waals surface area contributed by atoms with Crippen LogP contribution in [0.2, 0.25) is 0 Å². The molecule has 0 aliphatic heterocycles. The second kappa shape index (κ2) is 8.08. The van der Waals surface area contributed by atoms with E-state index >= 15 is 0 Å². The third-order valence-corrected chi connectivity index (χ3v) is 3.16. The van der Waals surface area contributed by atoms with Crippen molar-refractivity contribution in [2.45, 2.75) is 59.2 Å². The van der Waals surface area contributed by atoms with Gasteiger partial charge in [0, 0.05) is 37.2 Å². The maximum absolute atomic E-state index is 11.8. The Labute approximate surface area is 133 Å². The standard InChI is InChI=1S/C16H28N4O2/c1-11(2)13(10-19-15(21)22-16(4,5)6)20-12(3)14-9-17-7-8-18-14/h7-9,11-13,20H,10H2,1-6H3,(H,19,21). The summed E-state index contributed by atoms with van der Waals surface area (Å²) in [5, 5.41) is 6.30. The van der Waals surface area contributed by atoms with E-state index in [1.165, 1.54) is 0 Å². The Kier molecular flexibility index (Phi) is 6.74. The van der Waals surface area contributed by atoms with E-state index in [0.29, 0.717) is 12.5 Å². The number of amides is 1. The highest BCUT2D eigenvalue weighted by Gasteiger charge is 2.21. The number of hydrogen-bond acceptors (Lipinski definition) is 5. The molecule has 0 aromatic carbocycles. The molecule has 1 amide bonds. The molecule has 1 heterocycles. The van der Waals surface area contributed by atoms with Gasteiger partial charge >= 0.3 is 6.09 Å². The molecule has 0 saturated carbocycles. The molecule has 2 N–H and O–H groups in total. The van der Waals surface area contributed by atoms with Crippen LogP contribution in [0.4, 0.5) is 4.79 Å². The van der Waals surface area contributed by atoms with Crippen molar-refractivity contribution < 1.29 is 9.53 Å². The molecule has 22 heavy (non-hydrogen) atoms. The van der Waals surface area contributed by atoms with Crippen molar-refractivity contribution in [3.8, 4) is 0 Å². The summed E-state index contributed by atoms with van der Waals surface area (Å²) in [5.41, 5.74) is 0.392. The fourth-order valence-electron chi connectivity index (χ4n) is 1.94. The van der Waals surface area contributed by atoms with Gasteiger partial charge in [0.2, 0.25) is 0 Å². The number of carbonyl (C=O) groups is 1. The molecule has 1 aromatic rings. The van der Waals surface area contributed by atoms with Crippen molar-refractivity contribution in [2.75, 3.05) is 6.54 Å². The summed E-state index contributed by atoms with van der Waals surface area (Å²) in [6.45, 7) is 12.3. The van der Waals surface area contributed by atoms with Crippen LogP contribution in [0.15, 0.2) is 18.6 Å². The molecule has 0 bridgehead atoms. The van der Waals surface area contributed by atoms with E-state index in [9.17, 15) is 4.79 Å². The zero-order chi connectivity index (χ0) is 16.8. The number of ether oxygens (including phenoxy) is 1. The van der Waals surface area contributed by atoms with E-state index in [4.69, 9.17) is 4.74 Å². The molecule has 6 heteroatoms. The molecule has 124 valence electrons. The van der Waals surface area contributed by atoms with Gasteiger partial charge in [-0.2, -0.15) is 0 Å². The Balaban J connectivity index is 2.54. The van der Waals surface area contributed by atoms with E-state index in [1.54, 1.807) is 18.6 Å². The summed E-state index contributed by atoms with van der Waals surface area (Å²) in [5.74, 6) is 0.356. The van der Waals surface area contributed by atoms with Crippen molar-refractivity contribution in [3.63, 3.8) is 0 Å². The maximum Gasteiger partial charge on any atom is 0.407 e. The highest BCUT2D eigenvalue weighted by molar-refractivity contribution is 5.67. The van der Waals surface area contributed by atoms with Gasteiger partial charge in [0.1, 0.15) is 5.60 Å². The number of alkyl carbamates (subject to hydrolysis) is 1. The minimum absolute atomic E-state index is 0.0570. The predicted octanol–water partition coefficient (Wildman–Crippen LogP) is 2.68. The fraction of sp³-hybridized carbons (Fsp3) is 0.688. The molecule has 6 nitrogen and oxygen atoms in total. The number of hydrogen-bond donors (Lipinski definition) is 2. The Morgan fingerprint density at radius 2 is 1.95 bits per heavy atom. The van der Waals surface area contributed by atoms with Crippen LogP contribution in [0.1, 0.15) is 53.3 Å². The Bertz CT molecular complexity index is 457. The lowest BCUT2D eigenvalue weighted by Crippen LogP contribution is -2.46. The minimum Gasteiger partial charge on any atom is -0.444 e. The van der Waals surface area contributed by atoms with Crippen LogP contribution >= 0.6 is 0 Å². The molecule has 0 fully saturated rings. The van der Waals surface area contributed by atoms with Gasteiger partial charge in [0.25, 0.3) is 0 Å². The molecule has 0 radical (unpaired) electrons. The second-order valence-electron chi connectivity index (χ2n) is 6.75. The quantitative estimate of drug-likeness (QED) is 0.845. The summed E-state index contributed by atoms with van der Waals surface area (Å²) < 4.78 is 5.26. The smallest absolute Gasteiger partial charge is 0.407 e. The van der Waals surface area contributed by atoms with Crippen molar-refractivity contribution in [1.82, 2.24) is 20.6 Å². The van der Waals surface area contributed by atoms with E-state index in [-0.39, 0.29) is 12.1 Å². The molecular weight excluding hydrogens is 280 g/mol. The van der Waals surface area contributed by atoms with Crippen molar-refractivity contribution in [3.05, 3.63) is 24.3 Å². The molecule has 0 aliphatic rings. The van der Waals surface area contributed by atoms with Gasteiger partial charge in [0.15, 0.2) is 0 Å². The molecule has 0 spiro atoms. The van der Waals surface area contributed by atoms with Crippen LogP contribution in [-0.4, -0.2) is 34.2 Å². The summed E-state index contributed by atoms with van der Waals surface area (Å²) in [6, 6.07) is 0.172. The zero-order valence-corrected chi connectivity index (χ0v) is 14.4. The summed E-state index contributed by atoms with van der Waals surface area (Å²) in [6.07, 6.45) is 4.68. The first-order valence-electron chi connectivity index (χ1n) is 7.68. The average molecular weight is 308 g/mol. The van der Waals surface area contributed by atoms with Gasteiger partial charge in [-0.05, 0) is 33.6 Å². The van der Waals surface area contributed by atoms with Crippen LogP contribution in [0.25, 0.3) is 0 Å². The zero-order valence-electron chi connectivity index (χ0n) is 14.4. The van der Waals surface area contributed by atoms with E-state index in [1.807, 2.05) is 27.7 Å². The lowest BCUT2D eigenvalue weighted by molar-refractivity contribution is 0.0518. The first-order chi connectivity index (χ1) is 10.2. The van der Waals surface area contributed by atoms with Crippen LogP contribution in [0, 0.1) is 5.92 Å². The molecule has 0 saturated heterocycles. The topological polar surface area (TPSA) is 76.1 Å². The van der Waals surface area contributed by atoms with E-state index < -0.39 is 11.7 Å². The van der Waals surface area contributed by atoms with Crippen LogP contribution < -0.4 is 10.6 Å². The second-order valence-corrected chi connectivity index (χ2v) is 6.75. The number of nitrogens with one attached hydrogen (secondary N) is 2. The van der Waals surface area contributed by atoms with Gasteiger partial charge in [-0.15, -0.1) is 0 Å². The first-order valence-corrected chi connectivity index (χ1v) is 7.68. The molecule has 0 aliphatic carbocycles. The van der Waals surface area contributed by atoms with Gasteiger partial charge in [0.05, 0.1) is 5.69 Å². The molecule has 2 unspecified atom stereocenters. The van der Waals surface area contributed by atoms with Crippen molar-refractivity contribution in [2.24, 2.45) is 5.92 Å². The highest BCUT2D eigenvalue weighted by Crippen LogP contribution is 2.12. The van der Waals surface area contributed by atoms with Gasteiger partial charge < -0.3 is 15.4 Å². The summed E-state index contributed by atoms with van der Waals surface area (Å²) in [7, 11) is 0. The van der Waals surface area contributed by atoms with Crippen molar-refractivity contribution >= 4 is 6.09 Å². The van der Waals surface area contributed by atoms with Gasteiger partial charge in [-0.3, -0.25) is 9.97 Å². The van der Waals surface area contributed by atoms with E-state index in [2.05, 4.69) is 34.4 Å². The van der Waals surface area contributed by atoms with Crippen LogP contribution in [-0.2, 0) is 4.74 Å². The van der Waals surface area contributed by atoms with Gasteiger partial charge in [-0.1, -0.05) is 13.8 Å². The van der Waals surface area contributed by atoms with Gasteiger partial charge in [-0.25, -0.2) is 4.79 Å². The molecular formula is C16H28N4O2. The molecule has 1 rings (SSSR count). The van der Waals surface area contributed by atoms with E-state index in [0.717, 1.165) is 5.69 Å². The first kappa shape index (κ1) is 18.4.